The summed E-state index contributed by atoms with van der Waals surface area (Å²) in [4.78, 5) is 15.7. The van der Waals surface area contributed by atoms with E-state index in [1.54, 1.807) is 0 Å². The van der Waals surface area contributed by atoms with Gasteiger partial charge in [-0.2, -0.15) is 5.10 Å². The van der Waals surface area contributed by atoms with Gasteiger partial charge in [0.15, 0.2) is 0 Å². The normalized spacial score (nSPS) is 19.3. The van der Waals surface area contributed by atoms with E-state index in [0.29, 0.717) is 16.9 Å². The lowest BCUT2D eigenvalue weighted by Crippen LogP contribution is -2.66. The number of ether oxygens (including phenoxy) is 1. The van der Waals surface area contributed by atoms with E-state index in [2.05, 4.69) is 56.8 Å². The summed E-state index contributed by atoms with van der Waals surface area (Å²) in [5.41, 5.74) is 6.30. The molecule has 1 spiro atoms. The SMILES string of the molecule is O=C(N[C@H](c1ccccc1)C1CC1)c1ccc2[nH]nc(-c3ccc(N4CC5(COC5)C4)cc3)c2c1. The number of rotatable bonds is 6. The molecule has 3 heterocycles. The van der Waals surface area contributed by atoms with Gasteiger partial charge in [0.2, 0.25) is 0 Å². The highest BCUT2D eigenvalue weighted by atomic mass is 16.5. The van der Waals surface area contributed by atoms with Gasteiger partial charge in [0.1, 0.15) is 0 Å². The number of nitrogens with zero attached hydrogens (tertiary/aromatic N) is 2. The molecular formula is C29H28N4O2. The molecule has 1 amide bonds. The number of carbonyl (C=O) groups excluding carboxylic acids is 1. The van der Waals surface area contributed by atoms with E-state index in [1.165, 1.54) is 11.3 Å². The third-order valence-electron chi connectivity index (χ3n) is 7.74. The van der Waals surface area contributed by atoms with Crippen LogP contribution >= 0.6 is 0 Å². The molecule has 2 aliphatic heterocycles. The predicted molar refractivity (Wildman–Crippen MR) is 136 cm³/mol. The molecule has 2 N–H and O–H groups in total. The zero-order valence-electron chi connectivity index (χ0n) is 19.5. The van der Waals surface area contributed by atoms with E-state index in [9.17, 15) is 4.79 Å². The van der Waals surface area contributed by atoms with Crippen molar-refractivity contribution in [2.24, 2.45) is 11.3 Å². The molecule has 35 heavy (non-hydrogen) atoms. The number of fused-ring (bicyclic) bond motifs is 1. The Balaban J connectivity index is 1.12. The molecule has 0 radical (unpaired) electrons. The van der Waals surface area contributed by atoms with Crippen molar-refractivity contribution >= 4 is 22.5 Å². The van der Waals surface area contributed by atoms with Crippen molar-refractivity contribution in [1.29, 1.82) is 0 Å². The van der Waals surface area contributed by atoms with Crippen LogP contribution in [0.4, 0.5) is 5.69 Å². The second kappa shape index (κ2) is 7.95. The third kappa shape index (κ3) is 3.69. The monoisotopic (exact) mass is 464 g/mol. The minimum Gasteiger partial charge on any atom is -0.380 e. The average Bonchev–Trinajstić information content (AvgIpc) is 3.60. The minimum absolute atomic E-state index is 0.0400. The third-order valence-corrected chi connectivity index (χ3v) is 7.74. The van der Waals surface area contributed by atoms with Gasteiger partial charge in [-0.05, 0) is 54.7 Å². The Bertz CT molecular complexity index is 1380. The lowest BCUT2D eigenvalue weighted by atomic mass is 9.78. The average molecular weight is 465 g/mol. The molecule has 0 bridgehead atoms. The fourth-order valence-corrected chi connectivity index (χ4v) is 5.51. The molecule has 1 atom stereocenters. The van der Waals surface area contributed by atoms with Crippen LogP contribution in [-0.2, 0) is 4.74 Å². The molecule has 3 fully saturated rings. The van der Waals surface area contributed by atoms with Crippen LogP contribution in [0.15, 0.2) is 72.8 Å². The Morgan fingerprint density at radius 1 is 1.03 bits per heavy atom. The number of anilines is 1. The quantitative estimate of drug-likeness (QED) is 0.424. The first-order valence-electron chi connectivity index (χ1n) is 12.4. The highest BCUT2D eigenvalue weighted by molar-refractivity contribution is 6.01. The first kappa shape index (κ1) is 20.7. The number of aromatic amines is 1. The van der Waals surface area contributed by atoms with Crippen LogP contribution in [0.5, 0.6) is 0 Å². The first-order chi connectivity index (χ1) is 17.2. The molecule has 7 rings (SSSR count). The van der Waals surface area contributed by atoms with Crippen molar-refractivity contribution in [1.82, 2.24) is 15.5 Å². The van der Waals surface area contributed by atoms with Crippen LogP contribution in [0.1, 0.15) is 34.8 Å². The summed E-state index contributed by atoms with van der Waals surface area (Å²) in [7, 11) is 0. The molecule has 3 aliphatic rings. The fourth-order valence-electron chi connectivity index (χ4n) is 5.51. The number of nitrogens with one attached hydrogen (secondary N) is 2. The molecule has 4 aromatic rings. The van der Waals surface area contributed by atoms with Gasteiger partial charge in [-0.25, -0.2) is 0 Å². The number of carbonyl (C=O) groups is 1. The zero-order valence-corrected chi connectivity index (χ0v) is 19.5. The molecule has 1 saturated carbocycles. The predicted octanol–water partition coefficient (Wildman–Crippen LogP) is 4.95. The molecule has 3 aromatic carbocycles. The maximum atomic E-state index is 13.3. The van der Waals surface area contributed by atoms with Gasteiger partial charge >= 0.3 is 0 Å². The molecular weight excluding hydrogens is 436 g/mol. The molecule has 6 nitrogen and oxygen atoms in total. The van der Waals surface area contributed by atoms with Gasteiger partial charge < -0.3 is 15.0 Å². The Morgan fingerprint density at radius 3 is 2.49 bits per heavy atom. The fraction of sp³-hybridized carbons (Fsp3) is 0.310. The highest BCUT2D eigenvalue weighted by Gasteiger charge is 2.49. The van der Waals surface area contributed by atoms with Crippen molar-refractivity contribution in [3.05, 3.63) is 83.9 Å². The van der Waals surface area contributed by atoms with Crippen LogP contribution < -0.4 is 10.2 Å². The van der Waals surface area contributed by atoms with Crippen LogP contribution in [-0.4, -0.2) is 42.4 Å². The molecule has 0 unspecified atom stereocenters. The summed E-state index contributed by atoms with van der Waals surface area (Å²) in [6.45, 7) is 3.93. The van der Waals surface area contributed by atoms with E-state index in [0.717, 1.165) is 61.3 Å². The van der Waals surface area contributed by atoms with Gasteiger partial charge in [-0.3, -0.25) is 9.89 Å². The standard InChI is InChI=1S/C29H28N4O2/c34-28(30-26(20-6-7-20)19-4-2-1-3-5-19)22-10-13-25-24(14-22)27(32-31-25)21-8-11-23(12-9-21)33-15-29(16-33)17-35-18-29/h1-5,8-14,20,26H,6-7,15-18H2,(H,30,34)(H,31,32)/t26-/m1/s1. The number of H-pyrrole nitrogens is 1. The lowest BCUT2D eigenvalue weighted by Gasteiger charge is -2.56. The van der Waals surface area contributed by atoms with Crippen molar-refractivity contribution in [3.8, 4) is 11.3 Å². The van der Waals surface area contributed by atoms with Crippen molar-refractivity contribution < 1.29 is 9.53 Å². The van der Waals surface area contributed by atoms with Gasteiger partial charge in [-0.1, -0.05) is 42.5 Å². The summed E-state index contributed by atoms with van der Waals surface area (Å²) < 4.78 is 5.39. The second-order valence-electron chi connectivity index (χ2n) is 10.4. The Labute approximate surface area is 204 Å². The Kier molecular flexibility index (Phi) is 4.71. The smallest absolute Gasteiger partial charge is 0.251 e. The Hall–Kier alpha value is -3.64. The van der Waals surface area contributed by atoms with Crippen LogP contribution in [0.2, 0.25) is 0 Å². The topological polar surface area (TPSA) is 70.2 Å². The van der Waals surface area contributed by atoms with E-state index in [-0.39, 0.29) is 11.9 Å². The zero-order chi connectivity index (χ0) is 23.4. The maximum absolute atomic E-state index is 13.3. The first-order valence-corrected chi connectivity index (χ1v) is 12.4. The maximum Gasteiger partial charge on any atom is 0.251 e. The van der Waals surface area contributed by atoms with Gasteiger partial charge in [0, 0.05) is 35.3 Å². The largest absolute Gasteiger partial charge is 0.380 e. The number of benzene rings is 3. The molecule has 1 aliphatic carbocycles. The molecule has 6 heteroatoms. The number of amides is 1. The van der Waals surface area contributed by atoms with Crippen LogP contribution in [0, 0.1) is 11.3 Å². The lowest BCUT2D eigenvalue weighted by molar-refractivity contribution is -0.127. The second-order valence-corrected chi connectivity index (χ2v) is 10.4. The highest BCUT2D eigenvalue weighted by Crippen LogP contribution is 2.42. The van der Waals surface area contributed by atoms with Gasteiger partial charge in [0.05, 0.1) is 35.9 Å². The van der Waals surface area contributed by atoms with Gasteiger partial charge in [0.25, 0.3) is 5.91 Å². The minimum atomic E-state index is -0.0400. The molecule has 1 aromatic heterocycles. The van der Waals surface area contributed by atoms with E-state index < -0.39 is 0 Å². The summed E-state index contributed by atoms with van der Waals surface area (Å²) in [6.07, 6.45) is 2.32. The van der Waals surface area contributed by atoms with Crippen LogP contribution in [0.3, 0.4) is 0 Å². The van der Waals surface area contributed by atoms with E-state index in [1.807, 2.05) is 36.4 Å². The van der Waals surface area contributed by atoms with Crippen molar-refractivity contribution in [2.45, 2.75) is 18.9 Å². The molecule has 2 saturated heterocycles. The molecule has 176 valence electrons. The van der Waals surface area contributed by atoms with Gasteiger partial charge in [-0.15, -0.1) is 0 Å². The van der Waals surface area contributed by atoms with Crippen LogP contribution in [0.25, 0.3) is 22.2 Å². The van der Waals surface area contributed by atoms with E-state index in [4.69, 9.17) is 4.74 Å². The summed E-state index contributed by atoms with van der Waals surface area (Å²) >= 11 is 0. The summed E-state index contributed by atoms with van der Waals surface area (Å²) in [6, 6.07) is 24.7. The van der Waals surface area contributed by atoms with Crippen molar-refractivity contribution in [2.75, 3.05) is 31.2 Å². The number of hydrogen-bond acceptors (Lipinski definition) is 4. The van der Waals surface area contributed by atoms with E-state index >= 15 is 0 Å². The Morgan fingerprint density at radius 2 is 1.80 bits per heavy atom. The number of hydrogen-bond donors (Lipinski definition) is 2. The van der Waals surface area contributed by atoms with Crippen molar-refractivity contribution in [3.63, 3.8) is 0 Å². The number of aromatic nitrogens is 2. The summed E-state index contributed by atoms with van der Waals surface area (Å²) in [5.74, 6) is 0.480. The summed E-state index contributed by atoms with van der Waals surface area (Å²) in [5, 5.41) is 12.0.